The van der Waals surface area contributed by atoms with E-state index in [1.165, 1.54) is 53.7 Å². The van der Waals surface area contributed by atoms with Gasteiger partial charge in [-0.1, -0.05) is 23.7 Å². The summed E-state index contributed by atoms with van der Waals surface area (Å²) in [6, 6.07) is 9.96. The number of halogens is 4. The van der Waals surface area contributed by atoms with Crippen molar-refractivity contribution in [1.29, 1.82) is 0 Å². The molecular formula is C35H28ClF3N6O5S. The number of aromatic nitrogens is 1. The van der Waals surface area contributed by atoms with Crippen LogP contribution in [0.3, 0.4) is 0 Å². The average Bonchev–Trinajstić information content (AvgIpc) is 3.76. The molecule has 2 atom stereocenters. The van der Waals surface area contributed by atoms with Crippen molar-refractivity contribution in [3.05, 3.63) is 116 Å². The minimum Gasteiger partial charge on any atom is -0.478 e. The first kappa shape index (κ1) is 34.2. The first-order valence-electron chi connectivity index (χ1n) is 15.7. The van der Waals surface area contributed by atoms with Gasteiger partial charge in [0, 0.05) is 71.8 Å². The number of aliphatic imine (C=N–C) groups is 1. The molecule has 0 saturated carbocycles. The van der Waals surface area contributed by atoms with Gasteiger partial charge in [0.1, 0.15) is 23.5 Å². The second-order valence-corrected chi connectivity index (χ2v) is 13.3. The van der Waals surface area contributed by atoms with Gasteiger partial charge >= 0.3 is 18.0 Å². The van der Waals surface area contributed by atoms with E-state index in [0.29, 0.717) is 47.4 Å². The van der Waals surface area contributed by atoms with Crippen molar-refractivity contribution in [1.82, 2.24) is 20.1 Å². The predicted octanol–water partition coefficient (Wildman–Crippen LogP) is 5.72. The standard InChI is InChI=1S/C35H28ClF3N6O5S/c1-50-34(48)29-28(41-31(32-40-8-11-51-32)42-30(29)23-6-3-19(37)13-25(23)36)17-43-9-10-44-21(15-43)16-45(35(44)49)20-4-7-22(27(39)14-20)18-2-5-24(33(46)47)26(38)12-18/h2-8,11-14,21,30H,9-10,15-17H2,1H3,(H,41,42)(H,46,47)/t21-,30-/m0/s1. The van der Waals surface area contributed by atoms with Gasteiger partial charge in [-0.2, -0.15) is 0 Å². The number of amidine groups is 1. The van der Waals surface area contributed by atoms with Crippen LogP contribution in [0.2, 0.25) is 5.02 Å². The molecule has 0 aliphatic carbocycles. The molecule has 4 aromatic rings. The van der Waals surface area contributed by atoms with Crippen LogP contribution in [0.15, 0.2) is 82.4 Å². The minimum atomic E-state index is -1.43. The Labute approximate surface area is 298 Å². The SMILES string of the molecule is COC(=O)C1=C(CN2CCN3C(=O)N(c4ccc(-c5ccc(C(=O)O)c(F)c5)c(F)c4)C[C@@H]3C2)NC(c2nccs2)=N[C@H]1c1ccc(F)cc1Cl. The Morgan fingerprint density at radius 2 is 1.88 bits per heavy atom. The van der Waals surface area contributed by atoms with Gasteiger partial charge in [0.15, 0.2) is 10.8 Å². The fourth-order valence-corrected chi connectivity index (χ4v) is 7.44. The summed E-state index contributed by atoms with van der Waals surface area (Å²) >= 11 is 7.82. The van der Waals surface area contributed by atoms with Gasteiger partial charge in [-0.15, -0.1) is 11.3 Å². The van der Waals surface area contributed by atoms with Crippen LogP contribution in [0.1, 0.15) is 27.0 Å². The molecule has 4 heterocycles. The summed E-state index contributed by atoms with van der Waals surface area (Å²) in [5, 5.41) is 14.8. The number of fused-ring (bicyclic) bond motifs is 1. The number of esters is 1. The number of amides is 2. The molecule has 16 heteroatoms. The number of nitrogens with one attached hydrogen (secondary N) is 1. The lowest BCUT2D eigenvalue weighted by molar-refractivity contribution is -0.136. The average molecular weight is 737 g/mol. The van der Waals surface area contributed by atoms with E-state index in [4.69, 9.17) is 26.4 Å². The predicted molar refractivity (Wildman–Crippen MR) is 183 cm³/mol. The van der Waals surface area contributed by atoms with E-state index in [1.807, 2.05) is 0 Å². The molecule has 262 valence electrons. The maximum Gasteiger partial charge on any atom is 0.338 e. The fourth-order valence-electron chi connectivity index (χ4n) is 6.58. The Morgan fingerprint density at radius 1 is 1.06 bits per heavy atom. The van der Waals surface area contributed by atoms with Crippen LogP contribution in [0, 0.1) is 17.5 Å². The van der Waals surface area contributed by atoms with Crippen LogP contribution in [0.5, 0.6) is 0 Å². The number of ether oxygens (including phenoxy) is 1. The zero-order valence-electron chi connectivity index (χ0n) is 26.8. The molecule has 2 amide bonds. The van der Waals surface area contributed by atoms with Crippen LogP contribution in [-0.4, -0.2) is 89.6 Å². The molecule has 0 bridgehead atoms. The Balaban J connectivity index is 1.13. The maximum absolute atomic E-state index is 15.4. The van der Waals surface area contributed by atoms with Gasteiger partial charge < -0.3 is 20.1 Å². The number of carboxylic acids is 1. The number of methoxy groups -OCH3 is 1. The van der Waals surface area contributed by atoms with E-state index < -0.39 is 41.0 Å². The molecule has 3 aliphatic heterocycles. The number of benzene rings is 3. The number of hydrogen-bond acceptors (Lipinski definition) is 9. The van der Waals surface area contributed by atoms with E-state index in [9.17, 15) is 23.2 Å². The van der Waals surface area contributed by atoms with E-state index in [1.54, 1.807) is 22.5 Å². The van der Waals surface area contributed by atoms with Crippen LogP contribution in [-0.2, 0) is 9.53 Å². The van der Waals surface area contributed by atoms with Crippen molar-refractivity contribution < 1.29 is 37.4 Å². The molecule has 1 aromatic heterocycles. The van der Waals surface area contributed by atoms with Gasteiger partial charge in [-0.25, -0.2) is 32.5 Å². The monoisotopic (exact) mass is 736 g/mol. The van der Waals surface area contributed by atoms with Crippen molar-refractivity contribution in [3.8, 4) is 11.1 Å². The van der Waals surface area contributed by atoms with Crippen molar-refractivity contribution in [2.45, 2.75) is 12.1 Å². The van der Waals surface area contributed by atoms with Crippen molar-refractivity contribution >= 4 is 52.4 Å². The highest BCUT2D eigenvalue weighted by atomic mass is 35.5. The first-order chi connectivity index (χ1) is 24.5. The molecular weight excluding hydrogens is 709 g/mol. The molecule has 11 nitrogen and oxygen atoms in total. The quantitative estimate of drug-likeness (QED) is 0.220. The van der Waals surface area contributed by atoms with E-state index in [0.717, 1.165) is 18.2 Å². The van der Waals surface area contributed by atoms with Crippen molar-refractivity contribution in [3.63, 3.8) is 0 Å². The zero-order valence-corrected chi connectivity index (χ0v) is 28.3. The topological polar surface area (TPSA) is 128 Å². The Hall–Kier alpha value is -5.25. The number of urea groups is 1. The highest BCUT2D eigenvalue weighted by Crippen LogP contribution is 2.37. The van der Waals surface area contributed by atoms with Gasteiger partial charge in [0.25, 0.3) is 0 Å². The third-order valence-corrected chi connectivity index (χ3v) is 10.1. The van der Waals surface area contributed by atoms with Crippen LogP contribution < -0.4 is 10.2 Å². The lowest BCUT2D eigenvalue weighted by atomic mass is 9.95. The van der Waals surface area contributed by atoms with Crippen molar-refractivity contribution in [2.24, 2.45) is 4.99 Å². The summed E-state index contributed by atoms with van der Waals surface area (Å²) in [4.78, 5) is 52.5. The lowest BCUT2D eigenvalue weighted by Crippen LogP contribution is -2.53. The van der Waals surface area contributed by atoms with Crippen LogP contribution in [0.25, 0.3) is 11.1 Å². The molecule has 2 N–H and O–H groups in total. The van der Waals surface area contributed by atoms with Gasteiger partial charge in [-0.3, -0.25) is 14.8 Å². The van der Waals surface area contributed by atoms with Crippen LogP contribution >= 0.6 is 22.9 Å². The smallest absolute Gasteiger partial charge is 0.338 e. The molecule has 3 aromatic carbocycles. The number of aromatic carboxylic acids is 1. The number of piperazine rings is 1. The Bertz CT molecular complexity index is 2130. The Kier molecular flexibility index (Phi) is 9.26. The minimum absolute atomic E-state index is 0.0562. The molecule has 2 fully saturated rings. The summed E-state index contributed by atoms with van der Waals surface area (Å²) in [7, 11) is 1.26. The number of carbonyl (C=O) groups excluding carboxylic acids is 2. The maximum atomic E-state index is 15.4. The number of carboxylic acid groups (broad SMARTS) is 1. The highest BCUT2D eigenvalue weighted by molar-refractivity contribution is 7.11. The summed E-state index contributed by atoms with van der Waals surface area (Å²) in [6.45, 7) is 1.72. The number of rotatable bonds is 8. The Morgan fingerprint density at radius 3 is 2.57 bits per heavy atom. The van der Waals surface area contributed by atoms with E-state index in [-0.39, 0.29) is 46.9 Å². The lowest BCUT2D eigenvalue weighted by Gasteiger charge is -2.38. The summed E-state index contributed by atoms with van der Waals surface area (Å²) in [6.07, 6.45) is 1.63. The fraction of sp³-hybridized carbons (Fsp3) is 0.229. The van der Waals surface area contributed by atoms with Gasteiger partial charge in [-0.05, 0) is 48.0 Å². The number of carbonyl (C=O) groups is 3. The second kappa shape index (κ2) is 13.8. The zero-order chi connectivity index (χ0) is 36.0. The first-order valence-corrected chi connectivity index (χ1v) is 16.9. The largest absolute Gasteiger partial charge is 0.478 e. The van der Waals surface area contributed by atoms with E-state index in [2.05, 4.69) is 15.2 Å². The molecule has 7 rings (SSSR count). The van der Waals surface area contributed by atoms with Gasteiger partial charge in [0.2, 0.25) is 0 Å². The molecule has 0 spiro atoms. The third-order valence-electron chi connectivity index (χ3n) is 9.02. The van der Waals surface area contributed by atoms with Gasteiger partial charge in [0.05, 0.1) is 24.3 Å². The normalized spacial score (nSPS) is 19.2. The third kappa shape index (κ3) is 6.55. The summed E-state index contributed by atoms with van der Waals surface area (Å²) in [5.41, 5.74) is 1.11. The summed E-state index contributed by atoms with van der Waals surface area (Å²) < 4.78 is 48.9. The summed E-state index contributed by atoms with van der Waals surface area (Å²) in [5.74, 6) is -3.89. The van der Waals surface area contributed by atoms with Crippen molar-refractivity contribution in [2.75, 3.05) is 44.7 Å². The number of anilines is 1. The van der Waals surface area contributed by atoms with Crippen LogP contribution in [0.4, 0.5) is 23.7 Å². The molecule has 0 unspecified atom stereocenters. The number of thiazole rings is 1. The highest BCUT2D eigenvalue weighted by Gasteiger charge is 2.42. The molecule has 2 saturated heterocycles. The molecule has 0 radical (unpaired) electrons. The molecule has 51 heavy (non-hydrogen) atoms. The second-order valence-electron chi connectivity index (χ2n) is 12.0. The molecule has 3 aliphatic rings. The number of hydrogen-bond donors (Lipinski definition) is 2. The van der Waals surface area contributed by atoms with E-state index >= 15 is 4.39 Å². The number of nitrogens with zero attached hydrogens (tertiary/aromatic N) is 5.